The van der Waals surface area contributed by atoms with Crippen molar-refractivity contribution in [2.24, 2.45) is 0 Å². The molecule has 0 saturated heterocycles. The van der Waals surface area contributed by atoms with Crippen LogP contribution in [0.2, 0.25) is 0 Å². The van der Waals surface area contributed by atoms with Gasteiger partial charge in [-0.1, -0.05) is 25.7 Å². The second-order valence-corrected chi connectivity index (χ2v) is 11.2. The Labute approximate surface area is 167 Å². The molecule has 1 N–H and O–H groups in total. The van der Waals surface area contributed by atoms with Crippen molar-refractivity contribution in [3.8, 4) is 0 Å². The first-order chi connectivity index (χ1) is 11.4. The van der Waals surface area contributed by atoms with Crippen LogP contribution >= 0.6 is 54.2 Å². The molecular weight excluding hydrogens is 465 g/mol. The standard InChI is InChI=1S/C18H16BBr2NS2/c1-10-4-7-16(24-10)15-6-5-13(11(2)17(15)22)18-14(8-9-23-18)12(3)19(20)21/h4-9,12,22H,2H2,1,3H3/t12-/m1/s1. The number of nitrogens with one attached hydrogen (secondary N) is 1. The summed E-state index contributed by atoms with van der Waals surface area (Å²) < 4.78 is 0.218. The topological polar surface area (TPSA) is 23.9 Å². The van der Waals surface area contributed by atoms with Gasteiger partial charge in [-0.25, -0.2) is 0 Å². The van der Waals surface area contributed by atoms with Crippen molar-refractivity contribution >= 4 is 75.4 Å². The quantitative estimate of drug-likeness (QED) is 0.451. The van der Waals surface area contributed by atoms with Crippen LogP contribution in [0, 0.1) is 12.3 Å². The normalized spacial score (nSPS) is 16.0. The summed E-state index contributed by atoms with van der Waals surface area (Å²) in [6.45, 7) is 8.49. The van der Waals surface area contributed by atoms with E-state index >= 15 is 0 Å². The van der Waals surface area contributed by atoms with E-state index in [0.717, 1.165) is 21.6 Å². The maximum Gasteiger partial charge on any atom is 0.305 e. The van der Waals surface area contributed by atoms with Crippen LogP contribution in [-0.4, -0.2) is 10.1 Å². The summed E-state index contributed by atoms with van der Waals surface area (Å²) in [5, 5.41) is 10.7. The fraction of sp³-hybridized carbons (Fsp3) is 0.167. The van der Waals surface area contributed by atoms with Crippen LogP contribution in [0.3, 0.4) is 0 Å². The van der Waals surface area contributed by atoms with Crippen molar-refractivity contribution < 1.29 is 0 Å². The van der Waals surface area contributed by atoms with Crippen molar-refractivity contribution in [1.29, 1.82) is 5.41 Å². The first-order valence-electron chi connectivity index (χ1n) is 7.53. The van der Waals surface area contributed by atoms with Crippen LogP contribution in [0.5, 0.6) is 0 Å². The second kappa shape index (κ2) is 7.28. The van der Waals surface area contributed by atoms with E-state index in [1.165, 1.54) is 15.3 Å². The highest BCUT2D eigenvalue weighted by atomic mass is 79.9. The van der Waals surface area contributed by atoms with Gasteiger partial charge in [0.15, 0.2) is 0 Å². The van der Waals surface area contributed by atoms with Gasteiger partial charge in [0.25, 0.3) is 0 Å². The zero-order valence-electron chi connectivity index (χ0n) is 13.4. The molecule has 3 rings (SSSR count). The Morgan fingerprint density at radius 1 is 1.17 bits per heavy atom. The maximum atomic E-state index is 8.58. The fourth-order valence-electron chi connectivity index (χ4n) is 2.68. The van der Waals surface area contributed by atoms with Crippen molar-refractivity contribution in [2.75, 3.05) is 0 Å². The van der Waals surface area contributed by atoms with Gasteiger partial charge in [0.05, 0.1) is 5.71 Å². The van der Waals surface area contributed by atoms with Gasteiger partial charge in [-0.05, 0) is 41.9 Å². The lowest BCUT2D eigenvalue weighted by Gasteiger charge is -2.20. The molecule has 2 aromatic rings. The molecule has 0 radical (unpaired) electrons. The summed E-state index contributed by atoms with van der Waals surface area (Å²) in [5.74, 6) is 0.333. The molecule has 0 bridgehead atoms. The lowest BCUT2D eigenvalue weighted by atomic mass is 9.79. The van der Waals surface area contributed by atoms with E-state index < -0.39 is 0 Å². The van der Waals surface area contributed by atoms with Crippen molar-refractivity contribution in [3.05, 3.63) is 68.1 Å². The number of allylic oxidation sites excluding steroid dienone is 5. The number of hydrogen-bond donors (Lipinski definition) is 1. The number of hydrogen-bond acceptors (Lipinski definition) is 3. The molecule has 0 fully saturated rings. The zero-order chi connectivity index (χ0) is 17.4. The Morgan fingerprint density at radius 2 is 1.88 bits per heavy atom. The van der Waals surface area contributed by atoms with Crippen LogP contribution in [0.25, 0.3) is 11.1 Å². The van der Waals surface area contributed by atoms with Crippen molar-refractivity contribution in [3.63, 3.8) is 0 Å². The third kappa shape index (κ3) is 3.34. The van der Waals surface area contributed by atoms with Gasteiger partial charge in [-0.3, -0.25) is 5.41 Å². The lowest BCUT2D eigenvalue weighted by molar-refractivity contribution is 1.08. The summed E-state index contributed by atoms with van der Waals surface area (Å²) >= 11 is 10.7. The minimum Gasteiger partial charge on any atom is -0.300 e. The van der Waals surface area contributed by atoms with Gasteiger partial charge in [0.1, 0.15) is 0 Å². The first kappa shape index (κ1) is 18.1. The van der Waals surface area contributed by atoms with Crippen molar-refractivity contribution in [1.82, 2.24) is 0 Å². The van der Waals surface area contributed by atoms with E-state index in [1.54, 1.807) is 22.7 Å². The largest absolute Gasteiger partial charge is 0.305 e. The molecule has 2 aromatic heterocycles. The molecule has 122 valence electrons. The molecule has 0 aromatic carbocycles. The van der Waals surface area contributed by atoms with Crippen LogP contribution in [0.1, 0.15) is 32.9 Å². The van der Waals surface area contributed by atoms with Gasteiger partial charge in [-0.15, -0.1) is 54.2 Å². The number of halogens is 2. The van der Waals surface area contributed by atoms with Crippen LogP contribution in [0.4, 0.5) is 0 Å². The number of thiophene rings is 2. The Kier molecular flexibility index (Phi) is 5.50. The second-order valence-electron chi connectivity index (χ2n) is 5.75. The zero-order valence-corrected chi connectivity index (χ0v) is 18.2. The molecule has 0 saturated carbocycles. The molecule has 1 aliphatic rings. The number of rotatable bonds is 4. The third-order valence-electron chi connectivity index (χ3n) is 4.13. The van der Waals surface area contributed by atoms with E-state index in [4.69, 9.17) is 5.41 Å². The van der Waals surface area contributed by atoms with E-state index in [2.05, 4.69) is 87.7 Å². The van der Waals surface area contributed by atoms with Crippen LogP contribution < -0.4 is 0 Å². The van der Waals surface area contributed by atoms with Crippen LogP contribution in [-0.2, 0) is 0 Å². The van der Waals surface area contributed by atoms with Gasteiger partial charge < -0.3 is 0 Å². The predicted octanol–water partition coefficient (Wildman–Crippen LogP) is 7.10. The SMILES string of the molecule is C=C1C(=N)C(c2ccc(C)s2)=CC=C1c1sccc1[C@@H](C)B(Br)Br. The fourth-order valence-corrected chi connectivity index (χ4v) is 5.21. The van der Waals surface area contributed by atoms with Gasteiger partial charge in [0, 0.05) is 31.4 Å². The average molecular weight is 481 g/mol. The number of aryl methyl sites for hydroxylation is 1. The molecule has 1 aliphatic carbocycles. The predicted molar refractivity (Wildman–Crippen MR) is 118 cm³/mol. The first-order valence-corrected chi connectivity index (χ1v) is 11.1. The highest BCUT2D eigenvalue weighted by Crippen LogP contribution is 2.41. The molecule has 0 spiro atoms. The van der Waals surface area contributed by atoms with Crippen molar-refractivity contribution in [2.45, 2.75) is 19.7 Å². The summed E-state index contributed by atoms with van der Waals surface area (Å²) in [5.41, 5.74) is 4.63. The highest BCUT2D eigenvalue weighted by Gasteiger charge is 2.26. The van der Waals surface area contributed by atoms with E-state index in [1.807, 2.05) is 0 Å². The molecule has 0 amide bonds. The Hall–Kier alpha value is -0.685. The molecule has 6 heteroatoms. The monoisotopic (exact) mass is 479 g/mol. The average Bonchev–Trinajstić information content (AvgIpc) is 3.18. The van der Waals surface area contributed by atoms with Crippen LogP contribution in [0.15, 0.2) is 47.9 Å². The molecule has 0 aliphatic heterocycles. The van der Waals surface area contributed by atoms with Gasteiger partial charge in [0.2, 0.25) is 0 Å². The summed E-state index contributed by atoms with van der Waals surface area (Å²) in [7, 11) is 0. The Bertz CT molecular complexity index is 873. The minimum atomic E-state index is 0.218. The highest BCUT2D eigenvalue weighted by molar-refractivity contribution is 9.49. The molecule has 2 heterocycles. The summed E-state index contributed by atoms with van der Waals surface area (Å²) in [6.07, 6.45) is 4.18. The van der Waals surface area contributed by atoms with Gasteiger partial charge >= 0.3 is 4.36 Å². The molecule has 24 heavy (non-hydrogen) atoms. The maximum absolute atomic E-state index is 8.58. The lowest BCUT2D eigenvalue weighted by Crippen LogP contribution is -2.11. The molecule has 1 nitrogen and oxygen atoms in total. The molecular formula is C18H16BBr2NS2. The molecule has 1 atom stereocenters. The van der Waals surface area contributed by atoms with E-state index in [0.29, 0.717) is 11.5 Å². The smallest absolute Gasteiger partial charge is 0.300 e. The Balaban J connectivity index is 2.03. The third-order valence-corrected chi connectivity index (χ3v) is 7.71. The summed E-state index contributed by atoms with van der Waals surface area (Å²) in [4.78, 5) is 3.60. The minimum absolute atomic E-state index is 0.218. The Morgan fingerprint density at radius 3 is 2.50 bits per heavy atom. The van der Waals surface area contributed by atoms with E-state index in [9.17, 15) is 0 Å². The summed E-state index contributed by atoms with van der Waals surface area (Å²) in [6, 6.07) is 6.35. The van der Waals surface area contributed by atoms with E-state index in [-0.39, 0.29) is 4.36 Å². The molecule has 0 unspecified atom stereocenters. The van der Waals surface area contributed by atoms with Gasteiger partial charge in [-0.2, -0.15) is 0 Å².